The van der Waals surface area contributed by atoms with E-state index in [1.165, 1.54) is 4.90 Å². The molecule has 11 heavy (non-hydrogen) atoms. The number of thioether (sulfide) groups is 1. The van der Waals surface area contributed by atoms with Gasteiger partial charge in [0.15, 0.2) is 0 Å². The summed E-state index contributed by atoms with van der Waals surface area (Å²) in [6.07, 6.45) is 3.78. The smallest absolute Gasteiger partial charge is 0.0931 e. The quantitative estimate of drug-likeness (QED) is 0.655. The van der Waals surface area contributed by atoms with Crippen LogP contribution in [0.5, 0.6) is 0 Å². The lowest BCUT2D eigenvalue weighted by Gasteiger charge is -1.93. The van der Waals surface area contributed by atoms with Crippen LogP contribution < -0.4 is 0 Å². The Kier molecular flexibility index (Phi) is 1.58. The van der Waals surface area contributed by atoms with E-state index in [2.05, 4.69) is 28.4 Å². The van der Waals surface area contributed by atoms with Crippen molar-refractivity contribution in [3.05, 3.63) is 24.5 Å². The number of aromatic nitrogens is 2. The summed E-state index contributed by atoms with van der Waals surface area (Å²) in [6, 6.07) is 6.21. The topological polar surface area (TPSA) is 28.7 Å². The van der Waals surface area contributed by atoms with Gasteiger partial charge in [0, 0.05) is 4.90 Å². The maximum atomic E-state index is 4.13. The second-order valence-electron chi connectivity index (χ2n) is 2.29. The molecule has 2 rings (SSSR count). The second kappa shape index (κ2) is 2.58. The highest BCUT2D eigenvalue weighted by atomic mass is 32.2. The van der Waals surface area contributed by atoms with Gasteiger partial charge in [-0.2, -0.15) is 0 Å². The Bertz CT molecular complexity index is 367. The predicted molar refractivity (Wildman–Crippen MR) is 47.9 cm³/mol. The van der Waals surface area contributed by atoms with Gasteiger partial charge in [-0.05, 0) is 24.5 Å². The van der Waals surface area contributed by atoms with Crippen LogP contribution in [0.4, 0.5) is 0 Å². The van der Waals surface area contributed by atoms with E-state index in [9.17, 15) is 0 Å². The van der Waals surface area contributed by atoms with E-state index >= 15 is 0 Å². The van der Waals surface area contributed by atoms with Crippen molar-refractivity contribution in [2.75, 3.05) is 6.26 Å². The Labute approximate surface area is 69.0 Å². The summed E-state index contributed by atoms with van der Waals surface area (Å²) in [6.45, 7) is 0. The van der Waals surface area contributed by atoms with Gasteiger partial charge in [-0.3, -0.25) is 0 Å². The third-order valence-corrected chi connectivity index (χ3v) is 2.35. The molecule has 0 aliphatic heterocycles. The van der Waals surface area contributed by atoms with Gasteiger partial charge >= 0.3 is 0 Å². The molecule has 1 heterocycles. The van der Waals surface area contributed by atoms with Gasteiger partial charge in [-0.1, -0.05) is 0 Å². The molecular formula is C8H8N2S. The standard InChI is InChI=1S/C8H8N2S/c1-11-6-2-3-7-8(4-6)10-5-9-7/h2-5H,1H3,(H,9,10). The molecule has 0 atom stereocenters. The van der Waals surface area contributed by atoms with E-state index < -0.39 is 0 Å². The molecule has 1 aromatic heterocycles. The van der Waals surface area contributed by atoms with Crippen molar-refractivity contribution in [3.8, 4) is 0 Å². The minimum absolute atomic E-state index is 1.03. The number of imidazole rings is 1. The molecule has 0 fully saturated rings. The molecule has 0 saturated carbocycles. The molecule has 0 spiro atoms. The largest absolute Gasteiger partial charge is 0.345 e. The SMILES string of the molecule is CSc1ccc2nc[nH]c2c1. The zero-order valence-corrected chi connectivity index (χ0v) is 6.98. The molecule has 1 aromatic carbocycles. The molecule has 0 amide bonds. The molecule has 0 saturated heterocycles. The highest BCUT2D eigenvalue weighted by Gasteiger charge is 1.95. The third kappa shape index (κ3) is 1.12. The molecular weight excluding hydrogens is 156 g/mol. The number of nitrogens with zero attached hydrogens (tertiary/aromatic N) is 1. The monoisotopic (exact) mass is 164 g/mol. The fourth-order valence-electron chi connectivity index (χ4n) is 1.04. The van der Waals surface area contributed by atoms with Crippen molar-refractivity contribution in [2.24, 2.45) is 0 Å². The van der Waals surface area contributed by atoms with Gasteiger partial charge in [0.1, 0.15) is 0 Å². The molecule has 1 N–H and O–H groups in total. The number of rotatable bonds is 1. The van der Waals surface area contributed by atoms with Crippen LogP contribution in [0.15, 0.2) is 29.4 Å². The first-order valence-electron chi connectivity index (χ1n) is 3.37. The zero-order valence-electron chi connectivity index (χ0n) is 6.16. The predicted octanol–water partition coefficient (Wildman–Crippen LogP) is 2.28. The van der Waals surface area contributed by atoms with Gasteiger partial charge in [0.05, 0.1) is 17.4 Å². The van der Waals surface area contributed by atoms with E-state index in [1.807, 2.05) is 6.07 Å². The van der Waals surface area contributed by atoms with Crippen LogP contribution in [0.3, 0.4) is 0 Å². The van der Waals surface area contributed by atoms with Crippen LogP contribution in [-0.2, 0) is 0 Å². The maximum absolute atomic E-state index is 4.13. The molecule has 56 valence electrons. The first-order valence-corrected chi connectivity index (χ1v) is 4.60. The Morgan fingerprint density at radius 1 is 1.45 bits per heavy atom. The van der Waals surface area contributed by atoms with Crippen LogP contribution in [0.25, 0.3) is 11.0 Å². The van der Waals surface area contributed by atoms with Gasteiger partial charge < -0.3 is 4.98 Å². The maximum Gasteiger partial charge on any atom is 0.0931 e. The van der Waals surface area contributed by atoms with Crippen molar-refractivity contribution in [1.82, 2.24) is 9.97 Å². The normalized spacial score (nSPS) is 10.6. The number of aromatic amines is 1. The molecule has 0 aliphatic rings. The number of H-pyrrole nitrogens is 1. The Balaban J connectivity index is 2.67. The molecule has 0 bridgehead atoms. The molecule has 0 unspecified atom stereocenters. The van der Waals surface area contributed by atoms with Crippen molar-refractivity contribution < 1.29 is 0 Å². The fourth-order valence-corrected chi connectivity index (χ4v) is 1.48. The van der Waals surface area contributed by atoms with E-state index in [-0.39, 0.29) is 0 Å². The first kappa shape index (κ1) is 6.73. The first-order chi connectivity index (χ1) is 5.40. The van der Waals surface area contributed by atoms with Crippen molar-refractivity contribution >= 4 is 22.8 Å². The highest BCUT2D eigenvalue weighted by molar-refractivity contribution is 7.98. The lowest BCUT2D eigenvalue weighted by Crippen LogP contribution is -1.71. The second-order valence-corrected chi connectivity index (χ2v) is 3.17. The third-order valence-electron chi connectivity index (χ3n) is 1.63. The van der Waals surface area contributed by atoms with Gasteiger partial charge in [-0.15, -0.1) is 11.8 Å². The summed E-state index contributed by atoms with van der Waals surface area (Å²) in [5, 5.41) is 0. The molecule has 0 aliphatic carbocycles. The summed E-state index contributed by atoms with van der Waals surface area (Å²) >= 11 is 1.74. The fraction of sp³-hybridized carbons (Fsp3) is 0.125. The minimum Gasteiger partial charge on any atom is -0.345 e. The van der Waals surface area contributed by atoms with E-state index in [4.69, 9.17) is 0 Å². The summed E-state index contributed by atoms with van der Waals surface area (Å²) in [5.41, 5.74) is 2.14. The van der Waals surface area contributed by atoms with Crippen LogP contribution >= 0.6 is 11.8 Å². The van der Waals surface area contributed by atoms with Crippen molar-refractivity contribution in [2.45, 2.75) is 4.90 Å². The summed E-state index contributed by atoms with van der Waals surface area (Å²) in [5.74, 6) is 0. The van der Waals surface area contributed by atoms with Crippen LogP contribution in [-0.4, -0.2) is 16.2 Å². The number of hydrogen-bond donors (Lipinski definition) is 1. The molecule has 0 radical (unpaired) electrons. The number of fused-ring (bicyclic) bond motifs is 1. The van der Waals surface area contributed by atoms with E-state index in [0.29, 0.717) is 0 Å². The molecule has 2 aromatic rings. The molecule has 3 heteroatoms. The summed E-state index contributed by atoms with van der Waals surface area (Å²) in [7, 11) is 0. The lowest BCUT2D eigenvalue weighted by molar-refractivity contribution is 1.34. The zero-order chi connectivity index (χ0) is 7.68. The van der Waals surface area contributed by atoms with E-state index in [0.717, 1.165) is 11.0 Å². The van der Waals surface area contributed by atoms with Gasteiger partial charge in [0.25, 0.3) is 0 Å². The minimum atomic E-state index is 1.03. The van der Waals surface area contributed by atoms with Crippen LogP contribution in [0.2, 0.25) is 0 Å². The summed E-state index contributed by atoms with van der Waals surface area (Å²) in [4.78, 5) is 8.46. The van der Waals surface area contributed by atoms with Crippen molar-refractivity contribution in [3.63, 3.8) is 0 Å². The lowest BCUT2D eigenvalue weighted by atomic mass is 10.3. The van der Waals surface area contributed by atoms with Crippen LogP contribution in [0, 0.1) is 0 Å². The number of hydrogen-bond acceptors (Lipinski definition) is 2. The number of nitrogens with one attached hydrogen (secondary N) is 1. The summed E-state index contributed by atoms with van der Waals surface area (Å²) < 4.78 is 0. The van der Waals surface area contributed by atoms with Gasteiger partial charge in [0.2, 0.25) is 0 Å². The average molecular weight is 164 g/mol. The van der Waals surface area contributed by atoms with Crippen LogP contribution in [0.1, 0.15) is 0 Å². The Morgan fingerprint density at radius 2 is 2.36 bits per heavy atom. The highest BCUT2D eigenvalue weighted by Crippen LogP contribution is 2.18. The number of benzene rings is 1. The van der Waals surface area contributed by atoms with E-state index in [1.54, 1.807) is 18.1 Å². The Morgan fingerprint density at radius 3 is 3.18 bits per heavy atom. The average Bonchev–Trinajstić information content (AvgIpc) is 2.50. The molecule has 2 nitrogen and oxygen atoms in total. The Hall–Kier alpha value is -0.960. The van der Waals surface area contributed by atoms with Crippen molar-refractivity contribution in [1.29, 1.82) is 0 Å². The van der Waals surface area contributed by atoms with Gasteiger partial charge in [-0.25, -0.2) is 4.98 Å².